The minimum Gasteiger partial charge on any atom is -0.479 e. The van der Waals surface area contributed by atoms with Gasteiger partial charge < -0.3 is 20.0 Å². The third-order valence-electron chi connectivity index (χ3n) is 4.87. The Morgan fingerprint density at radius 2 is 2.08 bits per heavy atom. The summed E-state index contributed by atoms with van der Waals surface area (Å²) >= 11 is 0. The van der Waals surface area contributed by atoms with Crippen LogP contribution < -0.4 is 5.32 Å². The highest BCUT2D eigenvalue weighted by Crippen LogP contribution is 2.36. The Hall–Kier alpha value is -1.92. The molecular formula is C18H24N2O4. The molecule has 24 heavy (non-hydrogen) atoms. The predicted octanol–water partition coefficient (Wildman–Crippen LogP) is 2.15. The maximum Gasteiger partial charge on any atom is 0.344 e. The van der Waals surface area contributed by atoms with Crippen molar-refractivity contribution in [3.63, 3.8) is 0 Å². The van der Waals surface area contributed by atoms with E-state index in [-0.39, 0.29) is 0 Å². The molecule has 130 valence electrons. The fourth-order valence-corrected chi connectivity index (χ4v) is 3.47. The molecule has 0 spiro atoms. The number of carbonyl (C=O) groups is 1. The Bertz CT molecular complexity index is 564. The molecule has 1 saturated heterocycles. The molecule has 0 unspecified atom stereocenters. The fourth-order valence-electron chi connectivity index (χ4n) is 3.47. The van der Waals surface area contributed by atoms with Gasteiger partial charge in [0.1, 0.15) is 0 Å². The van der Waals surface area contributed by atoms with Gasteiger partial charge in [0.25, 0.3) is 0 Å². The van der Waals surface area contributed by atoms with Gasteiger partial charge in [-0.1, -0.05) is 35.5 Å². The summed E-state index contributed by atoms with van der Waals surface area (Å²) in [6.07, 6.45) is 4.45. The van der Waals surface area contributed by atoms with E-state index >= 15 is 0 Å². The monoisotopic (exact) mass is 332 g/mol. The minimum atomic E-state index is -1.52. The number of benzene rings is 1. The number of nitrogens with one attached hydrogen (secondary N) is 1. The van der Waals surface area contributed by atoms with Crippen molar-refractivity contribution in [2.75, 3.05) is 19.7 Å². The van der Waals surface area contributed by atoms with Gasteiger partial charge in [-0.25, -0.2) is 4.79 Å². The highest BCUT2D eigenvalue weighted by Gasteiger charge is 2.52. The van der Waals surface area contributed by atoms with Crippen LogP contribution in [-0.4, -0.2) is 43.1 Å². The first kappa shape index (κ1) is 16.9. The zero-order valence-corrected chi connectivity index (χ0v) is 13.7. The van der Waals surface area contributed by atoms with Crippen molar-refractivity contribution < 1.29 is 19.5 Å². The molecule has 2 heterocycles. The molecule has 0 bridgehead atoms. The number of ether oxygens (including phenoxy) is 1. The average molecular weight is 332 g/mol. The third kappa shape index (κ3) is 3.44. The van der Waals surface area contributed by atoms with Crippen molar-refractivity contribution in [2.24, 2.45) is 11.1 Å². The summed E-state index contributed by atoms with van der Waals surface area (Å²) in [6.45, 7) is 2.44. The predicted molar refractivity (Wildman–Crippen MR) is 89.9 cm³/mol. The Kier molecular flexibility index (Phi) is 5.48. The maximum atomic E-state index is 12.2. The van der Waals surface area contributed by atoms with Crippen molar-refractivity contribution >= 4 is 12.2 Å². The van der Waals surface area contributed by atoms with E-state index in [4.69, 9.17) is 9.57 Å². The van der Waals surface area contributed by atoms with E-state index in [1.54, 1.807) is 18.3 Å². The zero-order valence-electron chi connectivity index (χ0n) is 13.7. The van der Waals surface area contributed by atoms with Crippen LogP contribution in [0.15, 0.2) is 35.5 Å². The van der Waals surface area contributed by atoms with E-state index in [2.05, 4.69) is 10.5 Å². The van der Waals surface area contributed by atoms with Gasteiger partial charge in [0.15, 0.2) is 6.10 Å². The smallest absolute Gasteiger partial charge is 0.344 e. The van der Waals surface area contributed by atoms with Gasteiger partial charge in [0, 0.05) is 19.2 Å². The van der Waals surface area contributed by atoms with Crippen LogP contribution in [0.4, 0.5) is 0 Å². The van der Waals surface area contributed by atoms with Crippen LogP contribution in [-0.2, 0) is 20.0 Å². The van der Waals surface area contributed by atoms with Crippen molar-refractivity contribution in [2.45, 2.75) is 37.4 Å². The topological polar surface area (TPSA) is 80.2 Å². The van der Waals surface area contributed by atoms with Crippen molar-refractivity contribution in [1.29, 1.82) is 0 Å². The van der Waals surface area contributed by atoms with Crippen LogP contribution >= 0.6 is 0 Å². The summed E-state index contributed by atoms with van der Waals surface area (Å²) in [7, 11) is 0. The number of aliphatic carboxylic acids is 1. The van der Waals surface area contributed by atoms with E-state index in [0.29, 0.717) is 24.5 Å². The van der Waals surface area contributed by atoms with Gasteiger partial charge in [-0.2, -0.15) is 0 Å². The highest BCUT2D eigenvalue weighted by atomic mass is 16.7. The number of hydrogen-bond acceptors (Lipinski definition) is 5. The van der Waals surface area contributed by atoms with Gasteiger partial charge >= 0.3 is 5.97 Å². The lowest BCUT2D eigenvalue weighted by molar-refractivity contribution is -0.191. The van der Waals surface area contributed by atoms with Gasteiger partial charge in [-0.05, 0) is 43.8 Å². The molecule has 1 aromatic rings. The SMILES string of the molecule is O=C(O)[C@](OCCC1CCNCC1)(c1ccccc1)[C@H]1CC=NO1. The zero-order chi connectivity index (χ0) is 16.8. The van der Waals surface area contributed by atoms with Crippen molar-refractivity contribution in [3.8, 4) is 0 Å². The average Bonchev–Trinajstić information content (AvgIpc) is 3.15. The van der Waals surface area contributed by atoms with Crippen molar-refractivity contribution in [3.05, 3.63) is 35.9 Å². The molecule has 3 rings (SSSR count). The number of piperidine rings is 1. The number of hydrogen-bond donors (Lipinski definition) is 2. The molecule has 6 heteroatoms. The first-order valence-electron chi connectivity index (χ1n) is 8.54. The summed E-state index contributed by atoms with van der Waals surface area (Å²) in [5, 5.41) is 17.1. The van der Waals surface area contributed by atoms with Crippen LogP contribution in [0, 0.1) is 5.92 Å². The molecular weight excluding hydrogens is 308 g/mol. The summed E-state index contributed by atoms with van der Waals surface area (Å²) in [6, 6.07) is 9.05. The first-order valence-corrected chi connectivity index (χ1v) is 8.54. The summed E-state index contributed by atoms with van der Waals surface area (Å²) in [4.78, 5) is 17.6. The molecule has 0 aliphatic carbocycles. The lowest BCUT2D eigenvalue weighted by atomic mass is 9.86. The molecule has 2 aliphatic rings. The quantitative estimate of drug-likeness (QED) is 0.800. The Morgan fingerprint density at radius 3 is 2.71 bits per heavy atom. The standard InChI is InChI=1S/C18H24N2O4/c21-17(22)18(16-8-12-20-24-16,15-4-2-1-3-5-15)23-13-9-14-6-10-19-11-7-14/h1-5,12,14,16,19H,6-11,13H2,(H,21,22)/t16-,18+/m1/s1. The Morgan fingerprint density at radius 1 is 1.33 bits per heavy atom. The number of oxime groups is 1. The lowest BCUT2D eigenvalue weighted by Gasteiger charge is -2.34. The van der Waals surface area contributed by atoms with Crippen LogP contribution in [0.25, 0.3) is 0 Å². The molecule has 0 saturated carbocycles. The number of carboxylic acid groups (broad SMARTS) is 1. The second-order valence-corrected chi connectivity index (χ2v) is 6.36. The number of carboxylic acids is 1. The summed E-state index contributed by atoms with van der Waals surface area (Å²) in [5.74, 6) is -0.455. The molecule has 0 radical (unpaired) electrons. The van der Waals surface area contributed by atoms with Crippen molar-refractivity contribution in [1.82, 2.24) is 5.32 Å². The van der Waals surface area contributed by atoms with Gasteiger partial charge in [-0.3, -0.25) is 0 Å². The second-order valence-electron chi connectivity index (χ2n) is 6.36. The largest absolute Gasteiger partial charge is 0.479 e. The van der Waals surface area contributed by atoms with E-state index in [1.165, 1.54) is 0 Å². The molecule has 1 aromatic carbocycles. The summed E-state index contributed by atoms with van der Waals surface area (Å²) in [5.41, 5.74) is -0.927. The van der Waals surface area contributed by atoms with E-state index in [1.807, 2.05) is 18.2 Å². The van der Waals surface area contributed by atoms with E-state index in [9.17, 15) is 9.90 Å². The fraction of sp³-hybridized carbons (Fsp3) is 0.556. The lowest BCUT2D eigenvalue weighted by Crippen LogP contribution is -2.49. The molecule has 0 amide bonds. The van der Waals surface area contributed by atoms with Crippen LogP contribution in [0.5, 0.6) is 0 Å². The first-order chi connectivity index (χ1) is 11.7. The highest BCUT2D eigenvalue weighted by molar-refractivity contribution is 5.81. The molecule has 6 nitrogen and oxygen atoms in total. The second kappa shape index (κ2) is 7.77. The maximum absolute atomic E-state index is 12.2. The molecule has 2 N–H and O–H groups in total. The number of nitrogens with zero attached hydrogens (tertiary/aromatic N) is 1. The van der Waals surface area contributed by atoms with Gasteiger partial charge in [-0.15, -0.1) is 0 Å². The number of rotatable bonds is 7. The normalized spacial score (nSPS) is 23.6. The van der Waals surface area contributed by atoms with Crippen LogP contribution in [0.1, 0.15) is 31.2 Å². The Balaban J connectivity index is 1.77. The Labute approximate surface area is 141 Å². The molecule has 2 atom stereocenters. The van der Waals surface area contributed by atoms with E-state index in [0.717, 1.165) is 32.4 Å². The summed E-state index contributed by atoms with van der Waals surface area (Å²) < 4.78 is 6.04. The van der Waals surface area contributed by atoms with Gasteiger partial charge in [0.05, 0.1) is 0 Å². The van der Waals surface area contributed by atoms with E-state index < -0.39 is 17.7 Å². The third-order valence-corrected chi connectivity index (χ3v) is 4.87. The van der Waals surface area contributed by atoms with Gasteiger partial charge in [0.2, 0.25) is 5.60 Å². The van der Waals surface area contributed by atoms with Crippen LogP contribution in [0.2, 0.25) is 0 Å². The molecule has 1 fully saturated rings. The molecule has 2 aliphatic heterocycles. The molecule has 0 aromatic heterocycles. The minimum absolute atomic E-state index is 0.395. The van der Waals surface area contributed by atoms with Crippen LogP contribution in [0.3, 0.4) is 0 Å².